The third kappa shape index (κ3) is 4.12. The summed E-state index contributed by atoms with van der Waals surface area (Å²) in [5.41, 5.74) is 1.30. The van der Waals surface area contributed by atoms with Crippen LogP contribution in [0, 0.1) is 5.92 Å². The Morgan fingerprint density at radius 2 is 2.29 bits per heavy atom. The number of amides is 1. The number of hydrogen-bond donors (Lipinski definition) is 2. The summed E-state index contributed by atoms with van der Waals surface area (Å²) in [4.78, 5) is 16.3. The van der Waals surface area contributed by atoms with Crippen molar-refractivity contribution in [2.24, 2.45) is 13.0 Å². The summed E-state index contributed by atoms with van der Waals surface area (Å²) < 4.78 is 1.70. The lowest BCUT2D eigenvalue weighted by atomic mass is 10.0. The SMILES string of the molecule is CC(C)C(O)CCNC(=O)c1csc(-c2cnn(C)c2)n1. The number of aryl methyl sites for hydroxylation is 1. The summed E-state index contributed by atoms with van der Waals surface area (Å²) in [5.74, 6) is -0.0179. The molecule has 0 saturated heterocycles. The first-order valence-corrected chi connectivity index (χ1v) is 7.76. The van der Waals surface area contributed by atoms with E-state index in [9.17, 15) is 9.90 Å². The van der Waals surface area contributed by atoms with Gasteiger partial charge in [-0.25, -0.2) is 4.98 Å². The fourth-order valence-corrected chi connectivity index (χ4v) is 2.58. The minimum absolute atomic E-state index is 0.193. The van der Waals surface area contributed by atoms with E-state index >= 15 is 0 Å². The molecule has 0 aromatic carbocycles. The molecule has 1 amide bonds. The van der Waals surface area contributed by atoms with Crippen LogP contribution in [0.5, 0.6) is 0 Å². The number of carbonyl (C=O) groups excluding carboxylic acids is 1. The van der Waals surface area contributed by atoms with Crippen molar-refractivity contribution in [3.63, 3.8) is 0 Å². The fraction of sp³-hybridized carbons (Fsp3) is 0.500. The molecular formula is C14H20N4O2S. The van der Waals surface area contributed by atoms with E-state index in [-0.39, 0.29) is 11.8 Å². The number of hydrogen-bond acceptors (Lipinski definition) is 5. The molecule has 0 aliphatic heterocycles. The minimum Gasteiger partial charge on any atom is -0.393 e. The summed E-state index contributed by atoms with van der Waals surface area (Å²) in [7, 11) is 1.84. The number of rotatable bonds is 6. The van der Waals surface area contributed by atoms with E-state index in [2.05, 4.69) is 15.4 Å². The van der Waals surface area contributed by atoms with Gasteiger partial charge in [-0.2, -0.15) is 5.10 Å². The molecule has 0 radical (unpaired) electrons. The molecule has 6 nitrogen and oxygen atoms in total. The Morgan fingerprint density at radius 1 is 1.52 bits per heavy atom. The lowest BCUT2D eigenvalue weighted by molar-refractivity contribution is 0.0916. The number of carbonyl (C=O) groups is 1. The standard InChI is InChI=1S/C14H20N4O2S/c1-9(2)12(19)4-5-15-13(20)11-8-21-14(17-11)10-6-16-18(3)7-10/h6-9,12,19H,4-5H2,1-3H3,(H,15,20). The van der Waals surface area contributed by atoms with E-state index in [4.69, 9.17) is 0 Å². The average Bonchev–Trinajstić information content (AvgIpc) is 3.06. The van der Waals surface area contributed by atoms with Crippen LogP contribution in [0.15, 0.2) is 17.8 Å². The van der Waals surface area contributed by atoms with Crippen molar-refractivity contribution in [2.45, 2.75) is 26.4 Å². The molecule has 7 heteroatoms. The zero-order valence-electron chi connectivity index (χ0n) is 12.4. The van der Waals surface area contributed by atoms with Crippen molar-refractivity contribution in [3.8, 4) is 10.6 Å². The van der Waals surface area contributed by atoms with E-state index in [1.807, 2.05) is 27.1 Å². The maximum atomic E-state index is 12.0. The smallest absolute Gasteiger partial charge is 0.270 e. The number of nitrogens with zero attached hydrogens (tertiary/aromatic N) is 3. The molecule has 2 rings (SSSR count). The summed E-state index contributed by atoms with van der Waals surface area (Å²) in [6.07, 6.45) is 3.73. The summed E-state index contributed by atoms with van der Waals surface area (Å²) in [6, 6.07) is 0. The van der Waals surface area contributed by atoms with E-state index < -0.39 is 6.10 Å². The highest BCUT2D eigenvalue weighted by Gasteiger charge is 2.14. The van der Waals surface area contributed by atoms with E-state index in [1.165, 1.54) is 11.3 Å². The van der Waals surface area contributed by atoms with Crippen LogP contribution in [-0.2, 0) is 7.05 Å². The Morgan fingerprint density at radius 3 is 2.90 bits per heavy atom. The molecule has 0 aliphatic rings. The summed E-state index contributed by atoms with van der Waals surface area (Å²) >= 11 is 1.41. The summed E-state index contributed by atoms with van der Waals surface area (Å²) in [6.45, 7) is 4.35. The van der Waals surface area contributed by atoms with E-state index in [0.29, 0.717) is 18.7 Å². The highest BCUT2D eigenvalue weighted by molar-refractivity contribution is 7.13. The molecule has 0 spiro atoms. The van der Waals surface area contributed by atoms with Crippen LogP contribution in [-0.4, -0.2) is 38.4 Å². The average molecular weight is 308 g/mol. The lowest BCUT2D eigenvalue weighted by Gasteiger charge is -2.13. The molecule has 2 N–H and O–H groups in total. The van der Waals surface area contributed by atoms with Gasteiger partial charge in [-0.1, -0.05) is 13.8 Å². The van der Waals surface area contributed by atoms with Crippen molar-refractivity contribution in [2.75, 3.05) is 6.54 Å². The predicted molar refractivity (Wildman–Crippen MR) is 82.1 cm³/mol. The second kappa shape index (κ2) is 6.82. The van der Waals surface area contributed by atoms with Gasteiger partial charge in [-0.05, 0) is 12.3 Å². The quantitative estimate of drug-likeness (QED) is 0.851. The monoisotopic (exact) mass is 308 g/mol. The van der Waals surface area contributed by atoms with Crippen molar-refractivity contribution in [1.29, 1.82) is 0 Å². The van der Waals surface area contributed by atoms with Crippen molar-refractivity contribution < 1.29 is 9.90 Å². The summed E-state index contributed by atoms with van der Waals surface area (Å²) in [5, 5.41) is 19.1. The Bertz CT molecular complexity index is 606. The van der Waals surface area contributed by atoms with Gasteiger partial charge in [0.1, 0.15) is 10.7 Å². The van der Waals surface area contributed by atoms with Gasteiger partial charge < -0.3 is 10.4 Å². The van der Waals surface area contributed by atoms with Crippen molar-refractivity contribution >= 4 is 17.2 Å². The maximum absolute atomic E-state index is 12.0. The zero-order valence-corrected chi connectivity index (χ0v) is 13.2. The van der Waals surface area contributed by atoms with Gasteiger partial charge in [-0.15, -0.1) is 11.3 Å². The number of aromatic nitrogens is 3. The van der Waals surface area contributed by atoms with Gasteiger partial charge in [0, 0.05) is 30.7 Å². The van der Waals surface area contributed by atoms with Gasteiger partial charge in [0.15, 0.2) is 0 Å². The van der Waals surface area contributed by atoms with Gasteiger partial charge in [0.05, 0.1) is 12.3 Å². The van der Waals surface area contributed by atoms with Gasteiger partial charge in [-0.3, -0.25) is 9.48 Å². The van der Waals surface area contributed by atoms with Crippen LogP contribution in [0.25, 0.3) is 10.6 Å². The molecule has 0 aliphatic carbocycles. The van der Waals surface area contributed by atoms with Crippen LogP contribution in [0.2, 0.25) is 0 Å². The molecule has 1 atom stereocenters. The first-order valence-electron chi connectivity index (χ1n) is 6.88. The normalized spacial score (nSPS) is 12.6. The first-order chi connectivity index (χ1) is 9.97. The van der Waals surface area contributed by atoms with Crippen LogP contribution in [0.3, 0.4) is 0 Å². The van der Waals surface area contributed by atoms with Gasteiger partial charge >= 0.3 is 0 Å². The van der Waals surface area contributed by atoms with Crippen LogP contribution < -0.4 is 5.32 Å². The second-order valence-electron chi connectivity index (χ2n) is 5.30. The molecular weight excluding hydrogens is 288 g/mol. The number of thiazole rings is 1. The molecule has 0 saturated carbocycles. The van der Waals surface area contributed by atoms with Crippen LogP contribution in [0.4, 0.5) is 0 Å². The van der Waals surface area contributed by atoms with E-state index in [1.54, 1.807) is 16.3 Å². The number of aliphatic hydroxyl groups is 1. The van der Waals surface area contributed by atoms with E-state index in [0.717, 1.165) is 10.6 Å². The van der Waals surface area contributed by atoms with Gasteiger partial charge in [0.25, 0.3) is 5.91 Å². The number of aliphatic hydroxyl groups excluding tert-OH is 1. The molecule has 1 unspecified atom stereocenters. The Hall–Kier alpha value is -1.73. The second-order valence-corrected chi connectivity index (χ2v) is 6.15. The molecule has 114 valence electrons. The third-order valence-electron chi connectivity index (χ3n) is 3.18. The molecule has 0 bridgehead atoms. The third-order valence-corrected chi connectivity index (χ3v) is 4.08. The highest BCUT2D eigenvalue weighted by Crippen LogP contribution is 2.22. The molecule has 2 aromatic rings. The minimum atomic E-state index is -0.397. The Labute approximate surface area is 127 Å². The van der Waals surface area contributed by atoms with Crippen LogP contribution >= 0.6 is 11.3 Å². The Kier molecular flexibility index (Phi) is 5.08. The molecule has 2 aromatic heterocycles. The predicted octanol–water partition coefficient (Wildman–Crippen LogP) is 1.68. The highest BCUT2D eigenvalue weighted by atomic mass is 32.1. The van der Waals surface area contributed by atoms with Crippen molar-refractivity contribution in [3.05, 3.63) is 23.5 Å². The first kappa shape index (κ1) is 15.7. The van der Waals surface area contributed by atoms with Crippen LogP contribution in [0.1, 0.15) is 30.8 Å². The fourth-order valence-electron chi connectivity index (χ4n) is 1.80. The Balaban J connectivity index is 1.90. The molecule has 21 heavy (non-hydrogen) atoms. The lowest BCUT2D eigenvalue weighted by Crippen LogP contribution is -2.28. The zero-order chi connectivity index (χ0) is 15.4. The maximum Gasteiger partial charge on any atom is 0.270 e. The molecule has 2 heterocycles. The molecule has 0 fully saturated rings. The topological polar surface area (TPSA) is 80.0 Å². The van der Waals surface area contributed by atoms with Gasteiger partial charge in [0.2, 0.25) is 0 Å². The largest absolute Gasteiger partial charge is 0.393 e. The van der Waals surface area contributed by atoms with Crippen molar-refractivity contribution in [1.82, 2.24) is 20.1 Å². The number of nitrogens with one attached hydrogen (secondary N) is 1.